The van der Waals surface area contributed by atoms with E-state index in [0.29, 0.717) is 17.7 Å². The highest BCUT2D eigenvalue weighted by Crippen LogP contribution is 2.16. The molecular formula is C26H35N3O3. The average Bonchev–Trinajstić information content (AvgIpc) is 2.77. The van der Waals surface area contributed by atoms with Crippen LogP contribution < -0.4 is 5.32 Å². The van der Waals surface area contributed by atoms with Crippen molar-refractivity contribution in [3.63, 3.8) is 0 Å². The lowest BCUT2D eigenvalue weighted by Gasteiger charge is -2.35. The van der Waals surface area contributed by atoms with E-state index >= 15 is 0 Å². The van der Waals surface area contributed by atoms with Gasteiger partial charge in [-0.2, -0.15) is 0 Å². The zero-order chi connectivity index (χ0) is 23.1. The SMILES string of the molecule is CC(CN1CCOCC1)N(Cc1ccccc1)C(=O)c1ccc(C(=O)NC(C)(C)C)cc1. The summed E-state index contributed by atoms with van der Waals surface area (Å²) in [6.45, 7) is 12.5. The fourth-order valence-electron chi connectivity index (χ4n) is 3.81. The smallest absolute Gasteiger partial charge is 0.254 e. The normalized spacial score (nSPS) is 15.8. The third-order valence-electron chi connectivity index (χ3n) is 5.50. The Labute approximate surface area is 191 Å². The third kappa shape index (κ3) is 6.90. The molecule has 0 aromatic heterocycles. The highest BCUT2D eigenvalue weighted by atomic mass is 16.5. The number of carbonyl (C=O) groups is 2. The molecule has 0 bridgehead atoms. The second-order valence-corrected chi connectivity index (χ2v) is 9.46. The summed E-state index contributed by atoms with van der Waals surface area (Å²) in [7, 11) is 0. The molecule has 1 atom stereocenters. The summed E-state index contributed by atoms with van der Waals surface area (Å²) in [5.74, 6) is -0.171. The van der Waals surface area contributed by atoms with Crippen LogP contribution in [0.15, 0.2) is 54.6 Å². The molecule has 1 fully saturated rings. The van der Waals surface area contributed by atoms with Crippen LogP contribution in [0, 0.1) is 0 Å². The number of rotatable bonds is 7. The van der Waals surface area contributed by atoms with Crippen molar-refractivity contribution in [2.45, 2.75) is 45.8 Å². The number of carbonyl (C=O) groups excluding carboxylic acids is 2. The maximum Gasteiger partial charge on any atom is 0.254 e. The summed E-state index contributed by atoms with van der Waals surface area (Å²) in [6, 6.07) is 17.0. The second-order valence-electron chi connectivity index (χ2n) is 9.46. The first-order valence-electron chi connectivity index (χ1n) is 11.3. The molecule has 2 aromatic rings. The van der Waals surface area contributed by atoms with Gasteiger partial charge >= 0.3 is 0 Å². The maximum atomic E-state index is 13.5. The van der Waals surface area contributed by atoms with E-state index in [9.17, 15) is 9.59 Å². The maximum absolute atomic E-state index is 13.5. The molecule has 0 saturated carbocycles. The Balaban J connectivity index is 1.76. The van der Waals surface area contributed by atoms with Crippen molar-refractivity contribution in [1.82, 2.24) is 15.1 Å². The van der Waals surface area contributed by atoms with Crippen LogP contribution in [-0.4, -0.2) is 66.0 Å². The predicted octanol–water partition coefficient (Wildman–Crippen LogP) is 3.58. The Hall–Kier alpha value is -2.70. The van der Waals surface area contributed by atoms with Gasteiger partial charge in [-0.25, -0.2) is 0 Å². The molecule has 0 spiro atoms. The molecule has 1 heterocycles. The Bertz CT molecular complexity index is 885. The van der Waals surface area contributed by atoms with E-state index in [2.05, 4.69) is 17.1 Å². The van der Waals surface area contributed by atoms with Gasteiger partial charge in [0.15, 0.2) is 0 Å². The van der Waals surface area contributed by atoms with Crippen LogP contribution in [0.3, 0.4) is 0 Å². The quantitative estimate of drug-likeness (QED) is 0.719. The fourth-order valence-corrected chi connectivity index (χ4v) is 3.81. The number of nitrogens with zero attached hydrogens (tertiary/aromatic N) is 2. The van der Waals surface area contributed by atoms with Crippen LogP contribution in [0.5, 0.6) is 0 Å². The number of ether oxygens (including phenoxy) is 1. The fraction of sp³-hybridized carbons (Fsp3) is 0.462. The van der Waals surface area contributed by atoms with E-state index in [0.717, 1.165) is 38.4 Å². The first-order chi connectivity index (χ1) is 15.2. The average molecular weight is 438 g/mol. The summed E-state index contributed by atoms with van der Waals surface area (Å²) in [6.07, 6.45) is 0. The molecule has 0 aliphatic carbocycles. The van der Waals surface area contributed by atoms with Crippen LogP contribution >= 0.6 is 0 Å². The molecule has 1 N–H and O–H groups in total. The summed E-state index contributed by atoms with van der Waals surface area (Å²) < 4.78 is 5.46. The van der Waals surface area contributed by atoms with Crippen LogP contribution in [0.4, 0.5) is 0 Å². The minimum absolute atomic E-state index is 0.0302. The molecule has 6 nitrogen and oxygen atoms in total. The van der Waals surface area contributed by atoms with E-state index in [-0.39, 0.29) is 23.4 Å². The lowest BCUT2D eigenvalue weighted by molar-refractivity contribution is 0.0228. The van der Waals surface area contributed by atoms with E-state index in [1.807, 2.05) is 56.0 Å². The van der Waals surface area contributed by atoms with Crippen molar-refractivity contribution in [3.05, 3.63) is 71.3 Å². The van der Waals surface area contributed by atoms with Crippen molar-refractivity contribution >= 4 is 11.8 Å². The Kier molecular flexibility index (Phi) is 8.04. The zero-order valence-corrected chi connectivity index (χ0v) is 19.6. The molecule has 1 aliphatic heterocycles. The van der Waals surface area contributed by atoms with Gasteiger partial charge in [-0.1, -0.05) is 30.3 Å². The van der Waals surface area contributed by atoms with Gasteiger partial charge < -0.3 is 15.0 Å². The molecule has 0 radical (unpaired) electrons. The Morgan fingerprint density at radius 2 is 1.59 bits per heavy atom. The van der Waals surface area contributed by atoms with Crippen molar-refractivity contribution in [3.8, 4) is 0 Å². The summed E-state index contributed by atoms with van der Waals surface area (Å²) in [5, 5.41) is 2.95. The molecule has 2 aromatic carbocycles. The molecular weight excluding hydrogens is 402 g/mol. The van der Waals surface area contributed by atoms with Gasteiger partial charge in [-0.05, 0) is 57.5 Å². The number of amides is 2. The van der Waals surface area contributed by atoms with Gasteiger partial charge in [-0.3, -0.25) is 14.5 Å². The minimum atomic E-state index is -0.313. The number of hydrogen-bond donors (Lipinski definition) is 1. The largest absolute Gasteiger partial charge is 0.379 e. The Morgan fingerprint density at radius 3 is 2.19 bits per heavy atom. The van der Waals surface area contributed by atoms with Gasteiger partial charge in [0.2, 0.25) is 0 Å². The molecule has 172 valence electrons. The van der Waals surface area contributed by atoms with Gasteiger partial charge in [0.1, 0.15) is 0 Å². The number of nitrogens with one attached hydrogen (secondary N) is 1. The van der Waals surface area contributed by atoms with Crippen LogP contribution in [0.2, 0.25) is 0 Å². The van der Waals surface area contributed by atoms with Crippen molar-refractivity contribution in [2.24, 2.45) is 0 Å². The lowest BCUT2D eigenvalue weighted by atomic mass is 10.1. The molecule has 1 unspecified atom stereocenters. The van der Waals surface area contributed by atoms with Crippen LogP contribution in [0.25, 0.3) is 0 Å². The van der Waals surface area contributed by atoms with Gasteiger partial charge in [-0.15, -0.1) is 0 Å². The minimum Gasteiger partial charge on any atom is -0.379 e. The van der Waals surface area contributed by atoms with E-state index in [1.165, 1.54) is 0 Å². The molecule has 2 amide bonds. The Morgan fingerprint density at radius 1 is 1.00 bits per heavy atom. The van der Waals surface area contributed by atoms with Gasteiger partial charge in [0.25, 0.3) is 11.8 Å². The second kappa shape index (κ2) is 10.7. The highest BCUT2D eigenvalue weighted by molar-refractivity contribution is 5.98. The first kappa shape index (κ1) is 24.0. The topological polar surface area (TPSA) is 61.9 Å². The standard InChI is InChI=1S/C26H35N3O3/c1-20(18-28-14-16-32-17-15-28)29(19-21-8-6-5-7-9-21)25(31)23-12-10-22(11-13-23)24(30)27-26(2,3)4/h5-13,20H,14-19H2,1-4H3,(H,27,30). The highest BCUT2D eigenvalue weighted by Gasteiger charge is 2.25. The van der Waals surface area contributed by atoms with E-state index < -0.39 is 0 Å². The van der Waals surface area contributed by atoms with E-state index in [4.69, 9.17) is 4.74 Å². The third-order valence-corrected chi connectivity index (χ3v) is 5.50. The van der Waals surface area contributed by atoms with Gasteiger partial charge in [0.05, 0.1) is 13.2 Å². The summed E-state index contributed by atoms with van der Waals surface area (Å²) in [5.41, 5.74) is 1.91. The van der Waals surface area contributed by atoms with Gasteiger partial charge in [0, 0.05) is 48.9 Å². The first-order valence-corrected chi connectivity index (χ1v) is 11.3. The molecule has 1 saturated heterocycles. The zero-order valence-electron chi connectivity index (χ0n) is 19.6. The number of morpholine rings is 1. The monoisotopic (exact) mass is 437 g/mol. The van der Waals surface area contributed by atoms with Crippen LogP contribution in [-0.2, 0) is 11.3 Å². The van der Waals surface area contributed by atoms with Crippen molar-refractivity contribution in [2.75, 3.05) is 32.8 Å². The lowest BCUT2D eigenvalue weighted by Crippen LogP contribution is -2.48. The summed E-state index contributed by atoms with van der Waals surface area (Å²) >= 11 is 0. The molecule has 3 rings (SSSR count). The summed E-state index contributed by atoms with van der Waals surface area (Å²) in [4.78, 5) is 30.2. The van der Waals surface area contributed by atoms with Crippen molar-refractivity contribution < 1.29 is 14.3 Å². The predicted molar refractivity (Wildman–Crippen MR) is 127 cm³/mol. The molecule has 6 heteroatoms. The number of hydrogen-bond acceptors (Lipinski definition) is 4. The van der Waals surface area contributed by atoms with Crippen LogP contribution in [0.1, 0.15) is 54.0 Å². The molecule has 32 heavy (non-hydrogen) atoms. The van der Waals surface area contributed by atoms with Crippen molar-refractivity contribution in [1.29, 1.82) is 0 Å². The van der Waals surface area contributed by atoms with E-state index in [1.54, 1.807) is 24.3 Å². The number of benzene rings is 2. The molecule has 1 aliphatic rings.